The summed E-state index contributed by atoms with van der Waals surface area (Å²) in [7, 11) is 0. The van der Waals surface area contributed by atoms with Crippen LogP contribution in [0.25, 0.3) is 70.0 Å². The second kappa shape index (κ2) is 10.8. The largest absolute Gasteiger partial charge is 0.280 e. The minimum absolute atomic E-state index is 0.576. The highest BCUT2D eigenvalue weighted by molar-refractivity contribution is 7.25. The van der Waals surface area contributed by atoms with E-state index in [0.717, 1.165) is 22.5 Å². The van der Waals surface area contributed by atoms with Crippen LogP contribution in [0.15, 0.2) is 161 Å². The third kappa shape index (κ3) is 4.24. The van der Waals surface area contributed by atoms with Gasteiger partial charge in [-0.25, -0.2) is 0 Å². The third-order valence-corrected chi connectivity index (χ3v) is 10.3. The van der Waals surface area contributed by atoms with E-state index in [-0.39, 0.29) is 0 Å². The van der Waals surface area contributed by atoms with E-state index in [9.17, 15) is 0 Å². The molecule has 216 valence electrons. The summed E-state index contributed by atoms with van der Waals surface area (Å²) in [6, 6.07) is 43.8. The molecule has 0 atom stereocenters. The lowest BCUT2D eigenvalue weighted by Crippen LogP contribution is -2.04. The highest BCUT2D eigenvalue weighted by atomic mass is 32.1. The molecular formula is C43H28N2S. The molecule has 0 bridgehead atoms. The van der Waals surface area contributed by atoms with E-state index in [4.69, 9.17) is 4.99 Å². The van der Waals surface area contributed by atoms with E-state index in [1.807, 2.05) is 17.4 Å². The van der Waals surface area contributed by atoms with Gasteiger partial charge in [0.25, 0.3) is 0 Å². The van der Waals surface area contributed by atoms with Gasteiger partial charge in [-0.1, -0.05) is 115 Å². The molecule has 0 saturated heterocycles. The van der Waals surface area contributed by atoms with E-state index < -0.39 is 0 Å². The minimum atomic E-state index is 0.576. The van der Waals surface area contributed by atoms with E-state index in [0.29, 0.717) is 6.54 Å². The first-order valence-corrected chi connectivity index (χ1v) is 16.4. The average Bonchev–Trinajstić information content (AvgIpc) is 3.65. The standard InChI is InChI=1S/C43H28N2S/c1-44-43(35-21-20-34-31-13-6-5-12-30(31)32-15-9-16-33(35)42(32)34)36-14-7-8-17-39(36)45-26-27-18-22-40-37(24-27)38-25-29(19-23-41(38)46-40)28-10-3-2-4-11-28/h2-25H,1,26H2/b43-36-,45-39?. The maximum atomic E-state index is 5.16. The Kier molecular flexibility index (Phi) is 6.25. The van der Waals surface area contributed by atoms with Gasteiger partial charge < -0.3 is 0 Å². The lowest BCUT2D eigenvalue weighted by Gasteiger charge is -2.15. The van der Waals surface area contributed by atoms with Crippen molar-refractivity contribution in [2.45, 2.75) is 6.54 Å². The van der Waals surface area contributed by atoms with Gasteiger partial charge in [-0.15, -0.1) is 11.3 Å². The Bertz CT molecular complexity index is 2480. The number of thiophene rings is 1. The quantitative estimate of drug-likeness (QED) is 0.175. The Morgan fingerprint density at radius 1 is 0.587 bits per heavy atom. The number of benzene rings is 6. The fourth-order valence-corrected chi connectivity index (χ4v) is 8.12. The van der Waals surface area contributed by atoms with Gasteiger partial charge >= 0.3 is 0 Å². The summed E-state index contributed by atoms with van der Waals surface area (Å²) in [5.41, 5.74) is 12.6. The normalized spacial score (nSPS) is 15.3. The van der Waals surface area contributed by atoms with Crippen LogP contribution in [0.2, 0.25) is 0 Å². The summed E-state index contributed by atoms with van der Waals surface area (Å²) < 4.78 is 2.60. The van der Waals surface area contributed by atoms with Crippen LogP contribution in [0.5, 0.6) is 0 Å². The average molecular weight is 605 g/mol. The molecule has 0 amide bonds. The van der Waals surface area contributed by atoms with Crippen molar-refractivity contribution in [2.24, 2.45) is 9.98 Å². The van der Waals surface area contributed by atoms with Gasteiger partial charge in [-0.2, -0.15) is 0 Å². The van der Waals surface area contributed by atoms with Crippen LogP contribution in [-0.4, -0.2) is 12.4 Å². The molecule has 1 heterocycles. The van der Waals surface area contributed by atoms with Gasteiger partial charge in [0.1, 0.15) is 0 Å². The highest BCUT2D eigenvalue weighted by Crippen LogP contribution is 2.49. The number of nitrogens with zero attached hydrogens (tertiary/aromatic N) is 2. The minimum Gasteiger partial charge on any atom is -0.280 e. The van der Waals surface area contributed by atoms with Gasteiger partial charge in [0, 0.05) is 31.3 Å². The van der Waals surface area contributed by atoms with Crippen molar-refractivity contribution in [3.8, 4) is 33.4 Å². The molecule has 2 aliphatic carbocycles. The highest BCUT2D eigenvalue weighted by Gasteiger charge is 2.23. The zero-order chi connectivity index (χ0) is 30.6. The molecule has 0 N–H and O–H groups in total. The molecule has 6 aromatic carbocycles. The topological polar surface area (TPSA) is 24.7 Å². The number of fused-ring (bicyclic) bond motifs is 6. The molecule has 1 aromatic heterocycles. The van der Waals surface area contributed by atoms with Crippen LogP contribution in [0.4, 0.5) is 0 Å². The van der Waals surface area contributed by atoms with Gasteiger partial charge in [0.05, 0.1) is 18.0 Å². The molecule has 0 spiro atoms. The van der Waals surface area contributed by atoms with Gasteiger partial charge in [0.15, 0.2) is 0 Å². The molecule has 46 heavy (non-hydrogen) atoms. The second-order valence-electron chi connectivity index (χ2n) is 11.8. The lowest BCUT2D eigenvalue weighted by atomic mass is 9.93. The van der Waals surface area contributed by atoms with Crippen molar-refractivity contribution < 1.29 is 0 Å². The molecule has 3 heteroatoms. The molecule has 0 fully saturated rings. The number of aliphatic imine (C=N–C) groups is 2. The molecule has 2 nitrogen and oxygen atoms in total. The van der Waals surface area contributed by atoms with E-state index in [2.05, 4.69) is 151 Å². The predicted octanol–water partition coefficient (Wildman–Crippen LogP) is 11.7. The first kappa shape index (κ1) is 26.7. The molecule has 0 saturated carbocycles. The van der Waals surface area contributed by atoms with Gasteiger partial charge in [-0.3, -0.25) is 9.98 Å². The van der Waals surface area contributed by atoms with Crippen LogP contribution in [0, 0.1) is 0 Å². The summed E-state index contributed by atoms with van der Waals surface area (Å²) in [6.45, 7) is 4.61. The summed E-state index contributed by atoms with van der Waals surface area (Å²) in [5, 5.41) is 5.05. The Morgan fingerprint density at radius 3 is 2.13 bits per heavy atom. The second-order valence-corrected chi connectivity index (χ2v) is 12.9. The van der Waals surface area contributed by atoms with Crippen LogP contribution in [0.1, 0.15) is 11.1 Å². The van der Waals surface area contributed by atoms with Crippen molar-refractivity contribution >= 4 is 60.4 Å². The fourth-order valence-electron chi connectivity index (χ4n) is 7.05. The number of hydrogen-bond acceptors (Lipinski definition) is 3. The molecule has 7 aromatic rings. The van der Waals surface area contributed by atoms with Crippen molar-refractivity contribution in [2.75, 3.05) is 0 Å². The Morgan fingerprint density at radius 2 is 1.30 bits per heavy atom. The van der Waals surface area contributed by atoms with Crippen LogP contribution < -0.4 is 0 Å². The number of hydrogen-bond donors (Lipinski definition) is 0. The Hall–Kier alpha value is -5.64. The first-order valence-electron chi connectivity index (χ1n) is 15.5. The Balaban J connectivity index is 1.11. The van der Waals surface area contributed by atoms with Gasteiger partial charge in [0.2, 0.25) is 0 Å². The van der Waals surface area contributed by atoms with Crippen molar-refractivity contribution in [1.82, 2.24) is 0 Å². The maximum absolute atomic E-state index is 5.16. The molecule has 0 unspecified atom stereocenters. The fraction of sp³-hybridized carbons (Fsp3) is 0.0233. The number of rotatable bonds is 5. The maximum Gasteiger partial charge on any atom is 0.0794 e. The third-order valence-electron chi connectivity index (χ3n) is 9.19. The van der Waals surface area contributed by atoms with Crippen molar-refractivity contribution in [1.29, 1.82) is 0 Å². The Labute approximate surface area is 271 Å². The molecular weight excluding hydrogens is 577 g/mol. The van der Waals surface area contributed by atoms with Crippen LogP contribution >= 0.6 is 11.3 Å². The lowest BCUT2D eigenvalue weighted by molar-refractivity contribution is 1.07. The van der Waals surface area contributed by atoms with E-state index >= 15 is 0 Å². The summed E-state index contributed by atoms with van der Waals surface area (Å²) in [5.74, 6) is 0. The molecule has 2 aliphatic rings. The van der Waals surface area contributed by atoms with Crippen molar-refractivity contribution in [3.05, 3.63) is 162 Å². The van der Waals surface area contributed by atoms with Crippen LogP contribution in [-0.2, 0) is 6.54 Å². The summed E-state index contributed by atoms with van der Waals surface area (Å²) in [4.78, 5) is 9.79. The first-order chi connectivity index (χ1) is 22.8. The van der Waals surface area contributed by atoms with Crippen LogP contribution in [0.3, 0.4) is 0 Å². The summed E-state index contributed by atoms with van der Waals surface area (Å²) in [6.07, 6.45) is 8.31. The van der Waals surface area contributed by atoms with E-state index in [1.165, 1.54) is 69.9 Å². The van der Waals surface area contributed by atoms with E-state index in [1.54, 1.807) is 0 Å². The van der Waals surface area contributed by atoms with Gasteiger partial charge in [-0.05, 0) is 86.8 Å². The zero-order valence-electron chi connectivity index (χ0n) is 25.1. The monoisotopic (exact) mass is 604 g/mol. The number of allylic oxidation sites excluding steroid dienone is 5. The molecule has 0 radical (unpaired) electrons. The predicted molar refractivity (Wildman–Crippen MR) is 199 cm³/mol. The molecule has 9 rings (SSSR count). The SMILES string of the molecule is C=N/C(=C1/C=CC=CC1=NCc1ccc2sc3ccc(-c4ccccc4)cc3c2c1)c1ccc2c3c(cccc13)-c1ccccc1-2. The van der Waals surface area contributed by atoms with Crippen molar-refractivity contribution in [3.63, 3.8) is 0 Å². The molecule has 0 aliphatic heterocycles. The smallest absolute Gasteiger partial charge is 0.0794 e. The zero-order valence-corrected chi connectivity index (χ0v) is 25.9. The summed E-state index contributed by atoms with van der Waals surface area (Å²) >= 11 is 1.85.